The predicted octanol–water partition coefficient (Wildman–Crippen LogP) is 2.33. The van der Waals surface area contributed by atoms with Crippen molar-refractivity contribution in [1.29, 1.82) is 0 Å². The highest BCUT2D eigenvalue weighted by atomic mass is 16.7. The lowest BCUT2D eigenvalue weighted by atomic mass is 9.99. The minimum absolute atomic E-state index is 0.0611. The maximum atomic E-state index is 5.50. The van der Waals surface area contributed by atoms with Gasteiger partial charge in [0.2, 0.25) is 0 Å². The molecular formula is C14H21NO2. The Bertz CT molecular complexity index is 372. The number of ether oxygens (including phenoxy) is 2. The van der Waals surface area contributed by atoms with E-state index in [0.717, 1.165) is 6.42 Å². The fraction of sp³-hybridized carbons (Fsp3) is 0.571. The number of aryl methyl sites for hydroxylation is 2. The zero-order chi connectivity index (χ0) is 12.3. The van der Waals surface area contributed by atoms with Crippen molar-refractivity contribution in [3.05, 3.63) is 34.9 Å². The Morgan fingerprint density at radius 2 is 1.94 bits per heavy atom. The zero-order valence-corrected chi connectivity index (χ0v) is 10.8. The normalized spacial score (nSPS) is 18.5. The molecule has 1 N–H and O–H groups in total. The lowest BCUT2D eigenvalue weighted by Crippen LogP contribution is -2.23. The van der Waals surface area contributed by atoms with Crippen molar-refractivity contribution in [2.24, 2.45) is 0 Å². The summed E-state index contributed by atoms with van der Waals surface area (Å²) in [5.74, 6) is 0. The van der Waals surface area contributed by atoms with E-state index in [0.29, 0.717) is 13.2 Å². The maximum Gasteiger partial charge on any atom is 0.159 e. The van der Waals surface area contributed by atoms with E-state index in [1.165, 1.54) is 16.7 Å². The largest absolute Gasteiger partial charge is 0.350 e. The molecule has 0 amide bonds. The highest BCUT2D eigenvalue weighted by Gasteiger charge is 2.21. The molecule has 0 radical (unpaired) electrons. The molecule has 2 rings (SSSR count). The van der Waals surface area contributed by atoms with E-state index in [2.05, 4.69) is 37.4 Å². The van der Waals surface area contributed by atoms with Crippen molar-refractivity contribution in [1.82, 2.24) is 5.32 Å². The highest BCUT2D eigenvalue weighted by Crippen LogP contribution is 2.23. The number of hydrogen-bond donors (Lipinski definition) is 1. The summed E-state index contributed by atoms with van der Waals surface area (Å²) in [6.45, 7) is 5.72. The van der Waals surface area contributed by atoms with E-state index in [4.69, 9.17) is 9.47 Å². The van der Waals surface area contributed by atoms with Crippen LogP contribution in [0.25, 0.3) is 0 Å². The highest BCUT2D eigenvalue weighted by molar-refractivity contribution is 5.31. The van der Waals surface area contributed by atoms with Gasteiger partial charge < -0.3 is 14.8 Å². The molecule has 0 aromatic heterocycles. The summed E-state index contributed by atoms with van der Waals surface area (Å²) in [5, 5.41) is 3.33. The predicted molar refractivity (Wildman–Crippen MR) is 68.0 cm³/mol. The summed E-state index contributed by atoms with van der Waals surface area (Å²) in [7, 11) is 1.98. The van der Waals surface area contributed by atoms with Crippen LogP contribution in [-0.2, 0) is 9.47 Å². The Balaban J connectivity index is 2.08. The molecular weight excluding hydrogens is 214 g/mol. The monoisotopic (exact) mass is 235 g/mol. The molecule has 0 spiro atoms. The van der Waals surface area contributed by atoms with Crippen LogP contribution in [0, 0.1) is 13.8 Å². The molecule has 1 saturated heterocycles. The van der Waals surface area contributed by atoms with Crippen molar-refractivity contribution < 1.29 is 9.47 Å². The van der Waals surface area contributed by atoms with Crippen molar-refractivity contribution in [2.75, 3.05) is 20.3 Å². The Morgan fingerprint density at radius 3 is 2.53 bits per heavy atom. The van der Waals surface area contributed by atoms with E-state index in [1.54, 1.807) is 0 Å². The fourth-order valence-corrected chi connectivity index (χ4v) is 2.14. The molecule has 1 aliphatic heterocycles. The molecule has 17 heavy (non-hydrogen) atoms. The van der Waals surface area contributed by atoms with Gasteiger partial charge in [0.1, 0.15) is 0 Å². The van der Waals surface area contributed by atoms with Gasteiger partial charge in [-0.3, -0.25) is 0 Å². The Hall–Kier alpha value is -0.900. The summed E-state index contributed by atoms with van der Waals surface area (Å²) >= 11 is 0. The average molecular weight is 235 g/mol. The zero-order valence-electron chi connectivity index (χ0n) is 10.8. The van der Waals surface area contributed by atoms with Gasteiger partial charge in [-0.05, 0) is 37.6 Å². The van der Waals surface area contributed by atoms with E-state index in [9.17, 15) is 0 Å². The molecule has 1 atom stereocenters. The molecule has 1 fully saturated rings. The number of nitrogens with one attached hydrogen (secondary N) is 1. The Kier molecular flexibility index (Phi) is 4.15. The van der Waals surface area contributed by atoms with Crippen molar-refractivity contribution in [3.8, 4) is 0 Å². The first kappa shape index (κ1) is 12.6. The molecule has 0 bridgehead atoms. The second-order valence-electron chi connectivity index (χ2n) is 4.59. The van der Waals surface area contributed by atoms with Crippen LogP contribution < -0.4 is 5.32 Å². The molecule has 1 aliphatic rings. The topological polar surface area (TPSA) is 30.5 Å². The van der Waals surface area contributed by atoms with Gasteiger partial charge in [-0.1, -0.05) is 18.2 Å². The van der Waals surface area contributed by atoms with Gasteiger partial charge in [0.15, 0.2) is 6.29 Å². The Morgan fingerprint density at radius 1 is 1.24 bits per heavy atom. The molecule has 1 aromatic carbocycles. The molecule has 1 unspecified atom stereocenters. The SMILES string of the molecule is CNC(CC1OCCO1)c1ccc(C)c(C)c1. The molecule has 3 heteroatoms. The smallest absolute Gasteiger partial charge is 0.159 e. The lowest BCUT2D eigenvalue weighted by molar-refractivity contribution is -0.0526. The molecule has 0 aliphatic carbocycles. The van der Waals surface area contributed by atoms with Gasteiger partial charge >= 0.3 is 0 Å². The first-order valence-corrected chi connectivity index (χ1v) is 6.18. The van der Waals surface area contributed by atoms with Crippen LogP contribution in [0.4, 0.5) is 0 Å². The molecule has 1 aromatic rings. The van der Waals surface area contributed by atoms with E-state index in [-0.39, 0.29) is 12.3 Å². The van der Waals surface area contributed by atoms with E-state index < -0.39 is 0 Å². The molecule has 3 nitrogen and oxygen atoms in total. The molecule has 94 valence electrons. The number of hydrogen-bond acceptors (Lipinski definition) is 3. The van der Waals surface area contributed by atoms with Gasteiger partial charge in [-0.2, -0.15) is 0 Å². The minimum Gasteiger partial charge on any atom is -0.350 e. The molecule has 1 heterocycles. The number of rotatable bonds is 4. The lowest BCUT2D eigenvalue weighted by Gasteiger charge is -2.20. The van der Waals surface area contributed by atoms with Crippen LogP contribution in [0.3, 0.4) is 0 Å². The van der Waals surface area contributed by atoms with Gasteiger partial charge in [0, 0.05) is 12.5 Å². The van der Waals surface area contributed by atoms with Crippen LogP contribution in [0.15, 0.2) is 18.2 Å². The third kappa shape index (κ3) is 3.06. The Labute approximate surface area is 103 Å². The molecule has 0 saturated carbocycles. The third-order valence-electron chi connectivity index (χ3n) is 3.40. The summed E-state index contributed by atoms with van der Waals surface area (Å²) in [5.41, 5.74) is 3.96. The van der Waals surface area contributed by atoms with Crippen LogP contribution in [0.5, 0.6) is 0 Å². The van der Waals surface area contributed by atoms with Gasteiger partial charge in [-0.25, -0.2) is 0 Å². The standard InChI is InChI=1S/C14H21NO2/c1-10-4-5-12(8-11(10)2)13(15-3)9-14-16-6-7-17-14/h4-5,8,13-15H,6-7,9H2,1-3H3. The van der Waals surface area contributed by atoms with E-state index >= 15 is 0 Å². The van der Waals surface area contributed by atoms with Crippen molar-refractivity contribution in [2.45, 2.75) is 32.6 Å². The maximum absolute atomic E-state index is 5.50. The van der Waals surface area contributed by atoms with Gasteiger partial charge in [0.05, 0.1) is 13.2 Å². The second-order valence-corrected chi connectivity index (χ2v) is 4.59. The second kappa shape index (κ2) is 5.63. The fourth-order valence-electron chi connectivity index (χ4n) is 2.14. The number of benzene rings is 1. The average Bonchev–Trinajstić information content (AvgIpc) is 2.82. The van der Waals surface area contributed by atoms with Crippen LogP contribution >= 0.6 is 0 Å². The van der Waals surface area contributed by atoms with Crippen LogP contribution in [0.2, 0.25) is 0 Å². The quantitative estimate of drug-likeness (QED) is 0.869. The van der Waals surface area contributed by atoms with Crippen molar-refractivity contribution in [3.63, 3.8) is 0 Å². The van der Waals surface area contributed by atoms with Crippen molar-refractivity contribution >= 4 is 0 Å². The van der Waals surface area contributed by atoms with E-state index in [1.807, 2.05) is 7.05 Å². The third-order valence-corrected chi connectivity index (χ3v) is 3.40. The summed E-state index contributed by atoms with van der Waals surface area (Å²) < 4.78 is 11.0. The first-order chi connectivity index (χ1) is 8.20. The summed E-state index contributed by atoms with van der Waals surface area (Å²) in [4.78, 5) is 0. The van der Waals surface area contributed by atoms with Gasteiger partial charge in [-0.15, -0.1) is 0 Å². The summed E-state index contributed by atoms with van der Waals surface area (Å²) in [6, 6.07) is 6.88. The first-order valence-electron chi connectivity index (χ1n) is 6.18. The minimum atomic E-state index is -0.0611. The van der Waals surface area contributed by atoms with Crippen LogP contribution in [0.1, 0.15) is 29.2 Å². The van der Waals surface area contributed by atoms with Crippen LogP contribution in [-0.4, -0.2) is 26.6 Å². The summed E-state index contributed by atoms with van der Waals surface area (Å²) in [6.07, 6.45) is 0.799. The van der Waals surface area contributed by atoms with Gasteiger partial charge in [0.25, 0.3) is 0 Å².